The molecule has 0 aliphatic rings. The highest BCUT2D eigenvalue weighted by molar-refractivity contribution is 7.92. The van der Waals surface area contributed by atoms with Gasteiger partial charge in [-0.15, -0.1) is 0 Å². The first-order chi connectivity index (χ1) is 9.44. The highest BCUT2D eigenvalue weighted by atomic mass is 32.2. The van der Waals surface area contributed by atoms with Gasteiger partial charge in [-0.25, -0.2) is 4.98 Å². The molecule has 2 aromatic rings. The fraction of sp³-hybridized carbons (Fsp3) is 0.167. The number of hydrogen-bond acceptors (Lipinski definition) is 4. The van der Waals surface area contributed by atoms with Gasteiger partial charge in [-0.2, -0.15) is 8.42 Å². The van der Waals surface area contributed by atoms with Crippen LogP contribution in [0, 0.1) is 5.41 Å². The lowest BCUT2D eigenvalue weighted by Gasteiger charge is -2.10. The van der Waals surface area contributed by atoms with Gasteiger partial charge in [-0.05, 0) is 19.1 Å². The van der Waals surface area contributed by atoms with Crippen molar-refractivity contribution in [1.29, 1.82) is 5.41 Å². The van der Waals surface area contributed by atoms with E-state index < -0.39 is 10.0 Å². The second-order valence-electron chi connectivity index (χ2n) is 4.11. The van der Waals surface area contributed by atoms with Crippen LogP contribution in [0.2, 0.25) is 0 Å². The van der Waals surface area contributed by atoms with E-state index >= 15 is 0 Å². The summed E-state index contributed by atoms with van der Waals surface area (Å²) in [6.07, 6.45) is 2.89. The average molecular weight is 293 g/mol. The Labute approximate surface area is 117 Å². The van der Waals surface area contributed by atoms with Gasteiger partial charge in [0.05, 0.1) is 12.0 Å². The van der Waals surface area contributed by atoms with Crippen molar-refractivity contribution >= 4 is 21.5 Å². The lowest BCUT2D eigenvalue weighted by atomic mass is 10.2. The summed E-state index contributed by atoms with van der Waals surface area (Å²) in [6.45, 7) is 2.52. The third-order valence-electron chi connectivity index (χ3n) is 2.71. The Morgan fingerprint density at radius 2 is 2.15 bits per heavy atom. The van der Waals surface area contributed by atoms with Gasteiger partial charge in [-0.3, -0.25) is 10.1 Å². The Morgan fingerprint density at radius 1 is 1.45 bits per heavy atom. The molecule has 0 unspecified atom stereocenters. The predicted octanol–water partition coefficient (Wildman–Crippen LogP) is 0.988. The van der Waals surface area contributed by atoms with E-state index in [0.29, 0.717) is 12.1 Å². The zero-order valence-corrected chi connectivity index (χ0v) is 11.7. The summed E-state index contributed by atoms with van der Waals surface area (Å²) in [5, 5.41) is 7.37. The van der Waals surface area contributed by atoms with Crippen molar-refractivity contribution in [3.8, 4) is 0 Å². The number of nitrogen functional groups attached to an aromatic ring is 1. The van der Waals surface area contributed by atoms with Gasteiger partial charge < -0.3 is 10.3 Å². The van der Waals surface area contributed by atoms with Crippen molar-refractivity contribution in [1.82, 2.24) is 9.55 Å². The van der Waals surface area contributed by atoms with Gasteiger partial charge in [0.25, 0.3) is 10.0 Å². The number of benzene rings is 1. The minimum absolute atomic E-state index is 0.0716. The topological polar surface area (TPSA) is 114 Å². The number of sulfonamides is 1. The molecule has 20 heavy (non-hydrogen) atoms. The van der Waals surface area contributed by atoms with E-state index in [1.807, 2.05) is 6.92 Å². The zero-order chi connectivity index (χ0) is 14.8. The molecular formula is C12H15N5O2S. The summed E-state index contributed by atoms with van der Waals surface area (Å²) in [5.74, 6) is -0.206. The van der Waals surface area contributed by atoms with Crippen LogP contribution in [0.15, 0.2) is 41.8 Å². The molecule has 1 aromatic heterocycles. The highest BCUT2D eigenvalue weighted by Gasteiger charge is 2.19. The third-order valence-corrected chi connectivity index (χ3v) is 3.96. The smallest absolute Gasteiger partial charge is 0.280 e. The summed E-state index contributed by atoms with van der Waals surface area (Å²) in [4.78, 5) is 3.86. The summed E-state index contributed by atoms with van der Waals surface area (Å²) in [7, 11) is -3.79. The second kappa shape index (κ2) is 5.33. The van der Waals surface area contributed by atoms with Crippen molar-refractivity contribution in [2.45, 2.75) is 18.5 Å². The second-order valence-corrected chi connectivity index (χ2v) is 5.74. The average Bonchev–Trinajstić information content (AvgIpc) is 2.88. The van der Waals surface area contributed by atoms with Crippen LogP contribution in [0.3, 0.4) is 0 Å². The minimum atomic E-state index is -3.79. The van der Waals surface area contributed by atoms with Crippen molar-refractivity contribution in [3.63, 3.8) is 0 Å². The maximum Gasteiger partial charge on any atom is 0.280 e. The molecular weight excluding hydrogens is 278 g/mol. The molecule has 0 amide bonds. The Bertz CT molecular complexity index is 736. The summed E-state index contributed by atoms with van der Waals surface area (Å²) < 4.78 is 28.5. The van der Waals surface area contributed by atoms with Gasteiger partial charge in [0.2, 0.25) is 0 Å². The molecule has 0 saturated carbocycles. The first kappa shape index (κ1) is 14.1. The van der Waals surface area contributed by atoms with E-state index in [-0.39, 0.29) is 16.5 Å². The Morgan fingerprint density at radius 3 is 2.75 bits per heavy atom. The number of aromatic nitrogens is 2. The number of anilines is 1. The number of hydrogen-bond donors (Lipinski definition) is 3. The summed E-state index contributed by atoms with van der Waals surface area (Å²) in [6, 6.07) is 6.46. The van der Waals surface area contributed by atoms with Crippen LogP contribution >= 0.6 is 0 Å². The number of nitrogens with one attached hydrogen (secondary N) is 2. The third kappa shape index (κ3) is 2.80. The lowest BCUT2D eigenvalue weighted by molar-refractivity contribution is 0.598. The molecule has 7 nitrogen and oxygen atoms in total. The van der Waals surface area contributed by atoms with Crippen LogP contribution in [0.5, 0.6) is 0 Å². The van der Waals surface area contributed by atoms with Crippen LogP contribution < -0.4 is 10.5 Å². The van der Waals surface area contributed by atoms with Gasteiger partial charge in [0.15, 0.2) is 5.03 Å². The van der Waals surface area contributed by atoms with Crippen LogP contribution in [0.25, 0.3) is 0 Å². The van der Waals surface area contributed by atoms with Crippen LogP contribution in [-0.4, -0.2) is 23.8 Å². The van der Waals surface area contributed by atoms with E-state index in [9.17, 15) is 8.42 Å². The standard InChI is InChI=1S/C12H15N5O2S/c1-2-17-7-11(15-8-17)20(18,19)16-10-6-4-3-5-9(10)12(13)14/h3-8,16H,2H2,1H3,(H3,13,14). The maximum atomic E-state index is 12.2. The number of amidine groups is 1. The highest BCUT2D eigenvalue weighted by Crippen LogP contribution is 2.18. The van der Waals surface area contributed by atoms with Crippen molar-refractivity contribution in [3.05, 3.63) is 42.4 Å². The molecule has 0 atom stereocenters. The molecule has 0 spiro atoms. The van der Waals surface area contributed by atoms with Gasteiger partial charge >= 0.3 is 0 Å². The number of rotatable bonds is 5. The molecule has 106 valence electrons. The lowest BCUT2D eigenvalue weighted by Crippen LogP contribution is -2.18. The minimum Gasteiger partial charge on any atom is -0.384 e. The number of nitrogens with zero attached hydrogens (tertiary/aromatic N) is 2. The Hall–Kier alpha value is -2.35. The van der Waals surface area contributed by atoms with E-state index in [4.69, 9.17) is 11.1 Å². The summed E-state index contributed by atoms with van der Waals surface area (Å²) in [5.41, 5.74) is 6.01. The van der Waals surface area contributed by atoms with Crippen molar-refractivity contribution in [2.75, 3.05) is 4.72 Å². The van der Waals surface area contributed by atoms with Crippen LogP contribution in [0.4, 0.5) is 5.69 Å². The molecule has 0 fully saturated rings. The fourth-order valence-electron chi connectivity index (χ4n) is 1.66. The van der Waals surface area contributed by atoms with Crippen molar-refractivity contribution < 1.29 is 8.42 Å². The fourth-order valence-corrected chi connectivity index (χ4v) is 2.69. The van der Waals surface area contributed by atoms with Gasteiger partial charge in [0.1, 0.15) is 5.84 Å². The molecule has 0 radical (unpaired) electrons. The molecule has 1 aromatic carbocycles. The normalized spacial score (nSPS) is 11.2. The predicted molar refractivity (Wildman–Crippen MR) is 76.2 cm³/mol. The monoisotopic (exact) mass is 293 g/mol. The molecule has 0 aliphatic heterocycles. The SMILES string of the molecule is CCn1cnc(S(=O)(=O)Nc2ccccc2C(=N)N)c1. The number of para-hydroxylation sites is 1. The van der Waals surface area contributed by atoms with Crippen LogP contribution in [0.1, 0.15) is 12.5 Å². The van der Waals surface area contributed by atoms with Gasteiger partial charge in [0, 0.05) is 18.3 Å². The molecule has 0 aliphatic carbocycles. The van der Waals surface area contributed by atoms with E-state index in [0.717, 1.165) is 0 Å². The van der Waals surface area contributed by atoms with Crippen molar-refractivity contribution in [2.24, 2.45) is 5.73 Å². The Kier molecular flexibility index (Phi) is 3.75. The molecule has 0 saturated heterocycles. The first-order valence-electron chi connectivity index (χ1n) is 5.92. The van der Waals surface area contributed by atoms with E-state index in [1.54, 1.807) is 28.8 Å². The molecule has 4 N–H and O–H groups in total. The number of aryl methyl sites for hydroxylation is 1. The largest absolute Gasteiger partial charge is 0.384 e. The van der Waals surface area contributed by atoms with E-state index in [2.05, 4.69) is 9.71 Å². The zero-order valence-electron chi connectivity index (χ0n) is 10.9. The van der Waals surface area contributed by atoms with Crippen LogP contribution in [-0.2, 0) is 16.6 Å². The number of nitrogens with two attached hydrogens (primary N) is 1. The first-order valence-corrected chi connectivity index (χ1v) is 7.40. The van der Waals surface area contributed by atoms with E-state index in [1.165, 1.54) is 12.5 Å². The van der Waals surface area contributed by atoms with Gasteiger partial charge in [-0.1, -0.05) is 12.1 Å². The summed E-state index contributed by atoms with van der Waals surface area (Å²) >= 11 is 0. The maximum absolute atomic E-state index is 12.2. The molecule has 8 heteroatoms. The Balaban J connectivity index is 2.36. The molecule has 1 heterocycles. The quantitative estimate of drug-likeness (QED) is 0.563. The molecule has 0 bridgehead atoms. The molecule has 2 rings (SSSR count). The number of imidazole rings is 1.